The predicted octanol–water partition coefficient (Wildman–Crippen LogP) is -0.0394. The Morgan fingerprint density at radius 1 is 1.53 bits per heavy atom. The molecule has 7 nitrogen and oxygen atoms in total. The molecular weight excluding hydrogens is 294 g/mol. The van der Waals surface area contributed by atoms with E-state index >= 15 is 0 Å². The number of aromatic amines is 1. The van der Waals surface area contributed by atoms with Crippen LogP contribution in [0, 0.1) is 0 Å². The number of nitrogens with one attached hydrogen (secondary N) is 2. The SMILES string of the molecule is CC(C)(CC(N)=O)NS(=O)(=O)c1c[nH]c(=O)c(Cl)c1. The first-order chi connectivity index (χ1) is 8.53. The molecule has 0 aliphatic rings. The van der Waals surface area contributed by atoms with Gasteiger partial charge < -0.3 is 10.7 Å². The summed E-state index contributed by atoms with van der Waals surface area (Å²) in [4.78, 5) is 23.9. The summed E-state index contributed by atoms with van der Waals surface area (Å²) in [5.74, 6) is -0.632. The minimum atomic E-state index is -3.92. The van der Waals surface area contributed by atoms with Crippen molar-refractivity contribution in [3.05, 3.63) is 27.6 Å². The molecule has 0 aliphatic carbocycles. The Morgan fingerprint density at radius 3 is 2.58 bits per heavy atom. The third kappa shape index (κ3) is 4.34. The number of nitrogens with two attached hydrogens (primary N) is 1. The molecule has 9 heteroatoms. The highest BCUT2D eigenvalue weighted by Gasteiger charge is 2.28. The van der Waals surface area contributed by atoms with E-state index in [1.54, 1.807) is 0 Å². The van der Waals surface area contributed by atoms with E-state index in [9.17, 15) is 18.0 Å². The van der Waals surface area contributed by atoms with Crippen molar-refractivity contribution in [2.45, 2.75) is 30.7 Å². The number of hydrogen-bond acceptors (Lipinski definition) is 4. The van der Waals surface area contributed by atoms with Crippen LogP contribution in [0.2, 0.25) is 5.02 Å². The molecule has 0 aromatic carbocycles. The summed E-state index contributed by atoms with van der Waals surface area (Å²) in [5, 5.41) is -0.240. The Hall–Kier alpha value is -1.38. The minimum absolute atomic E-state index is 0.163. The van der Waals surface area contributed by atoms with Gasteiger partial charge in [0.25, 0.3) is 5.56 Å². The number of carbonyl (C=O) groups is 1. The normalized spacial score (nSPS) is 12.4. The fourth-order valence-electron chi connectivity index (χ4n) is 1.49. The monoisotopic (exact) mass is 307 g/mol. The second-order valence-corrected chi connectivity index (χ2v) is 6.73. The Balaban J connectivity index is 3.08. The van der Waals surface area contributed by atoms with Crippen molar-refractivity contribution in [1.29, 1.82) is 0 Å². The van der Waals surface area contributed by atoms with Crippen molar-refractivity contribution in [2.75, 3.05) is 0 Å². The predicted molar refractivity (Wildman–Crippen MR) is 70.3 cm³/mol. The van der Waals surface area contributed by atoms with Crippen LogP contribution in [0.15, 0.2) is 22.0 Å². The molecule has 0 unspecified atom stereocenters. The Bertz CT molecular complexity index is 651. The molecule has 1 heterocycles. The van der Waals surface area contributed by atoms with Crippen LogP contribution in [0.3, 0.4) is 0 Å². The molecule has 0 saturated heterocycles. The summed E-state index contributed by atoms with van der Waals surface area (Å²) < 4.78 is 26.4. The second kappa shape index (κ2) is 5.32. The molecule has 0 atom stereocenters. The zero-order valence-corrected chi connectivity index (χ0v) is 11.9. The first kappa shape index (κ1) is 15.7. The first-order valence-corrected chi connectivity index (χ1v) is 7.10. The van der Waals surface area contributed by atoms with E-state index in [2.05, 4.69) is 9.71 Å². The van der Waals surface area contributed by atoms with Gasteiger partial charge in [-0.05, 0) is 19.9 Å². The van der Waals surface area contributed by atoms with E-state index in [-0.39, 0.29) is 16.3 Å². The molecule has 4 N–H and O–H groups in total. The number of H-pyrrole nitrogens is 1. The summed E-state index contributed by atoms with van der Waals surface area (Å²) in [6, 6.07) is 1.03. The third-order valence-electron chi connectivity index (χ3n) is 2.17. The van der Waals surface area contributed by atoms with Crippen LogP contribution < -0.4 is 16.0 Å². The number of hydrogen-bond donors (Lipinski definition) is 3. The van der Waals surface area contributed by atoms with Crippen molar-refractivity contribution in [3.63, 3.8) is 0 Å². The largest absolute Gasteiger partial charge is 0.370 e. The fourth-order valence-corrected chi connectivity index (χ4v) is 3.13. The van der Waals surface area contributed by atoms with Crippen molar-refractivity contribution >= 4 is 27.5 Å². The third-order valence-corrected chi connectivity index (χ3v) is 4.13. The van der Waals surface area contributed by atoms with Gasteiger partial charge in [0.05, 0.1) is 4.90 Å². The summed E-state index contributed by atoms with van der Waals surface area (Å²) in [7, 11) is -3.92. The number of rotatable bonds is 5. The van der Waals surface area contributed by atoms with Crippen LogP contribution in [0.25, 0.3) is 0 Å². The Kier molecular flexibility index (Phi) is 4.39. The van der Waals surface area contributed by atoms with Gasteiger partial charge in [-0.2, -0.15) is 0 Å². The number of amides is 1. The average Bonchev–Trinajstić information content (AvgIpc) is 2.17. The van der Waals surface area contributed by atoms with E-state index < -0.39 is 27.0 Å². The van der Waals surface area contributed by atoms with Crippen LogP contribution in [0.5, 0.6) is 0 Å². The molecule has 19 heavy (non-hydrogen) atoms. The maximum atomic E-state index is 12.0. The quantitative estimate of drug-likeness (QED) is 0.706. The maximum absolute atomic E-state index is 12.0. The fraction of sp³-hybridized carbons (Fsp3) is 0.400. The zero-order chi connectivity index (χ0) is 14.8. The number of pyridine rings is 1. The molecular formula is C10H14ClN3O4S. The molecule has 0 bridgehead atoms. The number of carbonyl (C=O) groups excluding carboxylic acids is 1. The highest BCUT2D eigenvalue weighted by molar-refractivity contribution is 7.89. The molecule has 0 saturated carbocycles. The van der Waals surface area contributed by atoms with Gasteiger partial charge in [0.2, 0.25) is 15.9 Å². The lowest BCUT2D eigenvalue weighted by atomic mass is 10.0. The number of sulfonamides is 1. The van der Waals surface area contributed by atoms with E-state index in [0.717, 1.165) is 12.3 Å². The molecule has 0 aliphatic heterocycles. The van der Waals surface area contributed by atoms with Gasteiger partial charge in [-0.15, -0.1) is 0 Å². The standard InChI is InChI=1S/C10H14ClN3O4S/c1-10(2,4-8(12)15)14-19(17,18)6-3-7(11)9(16)13-5-6/h3,5,14H,4H2,1-2H3,(H2,12,15)(H,13,16). The van der Waals surface area contributed by atoms with Crippen LogP contribution in [-0.4, -0.2) is 24.8 Å². The zero-order valence-electron chi connectivity index (χ0n) is 10.4. The highest BCUT2D eigenvalue weighted by Crippen LogP contribution is 2.16. The average molecular weight is 308 g/mol. The lowest BCUT2D eigenvalue weighted by molar-refractivity contribution is -0.119. The van der Waals surface area contributed by atoms with Crippen molar-refractivity contribution in [3.8, 4) is 0 Å². The Morgan fingerprint density at radius 2 is 2.11 bits per heavy atom. The molecule has 0 fully saturated rings. The molecule has 0 spiro atoms. The van der Waals surface area contributed by atoms with Gasteiger partial charge in [-0.3, -0.25) is 9.59 Å². The van der Waals surface area contributed by atoms with E-state index in [1.165, 1.54) is 13.8 Å². The molecule has 106 valence electrons. The summed E-state index contributed by atoms with van der Waals surface area (Å²) in [5.41, 5.74) is 3.40. The topological polar surface area (TPSA) is 122 Å². The lowest BCUT2D eigenvalue weighted by Gasteiger charge is -2.24. The lowest BCUT2D eigenvalue weighted by Crippen LogP contribution is -2.46. The number of primary amides is 1. The van der Waals surface area contributed by atoms with E-state index in [0.29, 0.717) is 0 Å². The number of aromatic nitrogens is 1. The van der Waals surface area contributed by atoms with E-state index in [1.807, 2.05) is 0 Å². The van der Waals surface area contributed by atoms with Gasteiger partial charge in [0.15, 0.2) is 0 Å². The Labute approximate surface area is 115 Å². The first-order valence-electron chi connectivity index (χ1n) is 5.24. The van der Waals surface area contributed by atoms with E-state index in [4.69, 9.17) is 17.3 Å². The molecule has 1 amide bonds. The smallest absolute Gasteiger partial charge is 0.266 e. The van der Waals surface area contributed by atoms with Crippen LogP contribution >= 0.6 is 11.6 Å². The molecule has 0 radical (unpaired) electrons. The van der Waals surface area contributed by atoms with Crippen molar-refractivity contribution in [1.82, 2.24) is 9.71 Å². The summed E-state index contributed by atoms with van der Waals surface area (Å²) in [6.45, 7) is 3.03. The van der Waals surface area contributed by atoms with Crippen LogP contribution in [0.4, 0.5) is 0 Å². The number of halogens is 1. The van der Waals surface area contributed by atoms with Crippen LogP contribution in [-0.2, 0) is 14.8 Å². The van der Waals surface area contributed by atoms with Crippen molar-refractivity contribution < 1.29 is 13.2 Å². The maximum Gasteiger partial charge on any atom is 0.266 e. The van der Waals surface area contributed by atoms with Gasteiger partial charge in [0, 0.05) is 18.2 Å². The van der Waals surface area contributed by atoms with Gasteiger partial charge in [0.1, 0.15) is 5.02 Å². The van der Waals surface area contributed by atoms with Crippen LogP contribution in [0.1, 0.15) is 20.3 Å². The molecule has 1 aromatic rings. The van der Waals surface area contributed by atoms with Gasteiger partial charge >= 0.3 is 0 Å². The molecule has 1 aromatic heterocycles. The highest BCUT2D eigenvalue weighted by atomic mass is 35.5. The minimum Gasteiger partial charge on any atom is -0.370 e. The van der Waals surface area contributed by atoms with Crippen molar-refractivity contribution in [2.24, 2.45) is 5.73 Å². The summed E-state index contributed by atoms with van der Waals surface area (Å²) in [6.07, 6.45) is 0.861. The summed E-state index contributed by atoms with van der Waals surface area (Å²) >= 11 is 5.57. The van der Waals surface area contributed by atoms with Gasteiger partial charge in [-0.25, -0.2) is 13.1 Å². The molecule has 1 rings (SSSR count). The van der Waals surface area contributed by atoms with Gasteiger partial charge in [-0.1, -0.05) is 11.6 Å². The second-order valence-electron chi connectivity index (χ2n) is 4.64.